The second-order valence-corrected chi connectivity index (χ2v) is 7.90. The Morgan fingerprint density at radius 3 is 2.48 bits per heavy atom. The Hall–Kier alpha value is -3.33. The monoisotopic (exact) mass is 459 g/mol. The smallest absolute Gasteiger partial charge is 0.406 e. The van der Waals surface area contributed by atoms with E-state index in [1.165, 1.54) is 18.2 Å². The Bertz CT molecular complexity index is 1060. The number of nitrogens with zero attached hydrogens (tertiary/aromatic N) is 3. The lowest BCUT2D eigenvalue weighted by atomic mass is 10.1. The number of hydrogen-bond donors (Lipinski definition) is 2. The fourth-order valence-electron chi connectivity index (χ4n) is 3.21. The molecule has 1 heterocycles. The number of aryl methyl sites for hydroxylation is 1. The van der Waals surface area contributed by atoms with E-state index in [0.29, 0.717) is 36.1 Å². The summed E-state index contributed by atoms with van der Waals surface area (Å²) in [5, 5.41) is 6.52. The van der Waals surface area contributed by atoms with Gasteiger partial charge in [0.15, 0.2) is 0 Å². The van der Waals surface area contributed by atoms with Crippen LogP contribution in [0.4, 0.5) is 24.9 Å². The predicted molar refractivity (Wildman–Crippen MR) is 124 cm³/mol. The first-order chi connectivity index (χ1) is 15.7. The minimum Gasteiger partial charge on any atom is -0.406 e. The number of halogens is 3. The zero-order valence-electron chi connectivity index (χ0n) is 18.9. The first-order valence-electron chi connectivity index (χ1n) is 10.6. The van der Waals surface area contributed by atoms with E-state index in [9.17, 15) is 13.2 Å². The van der Waals surface area contributed by atoms with E-state index in [1.54, 1.807) is 12.1 Å². The van der Waals surface area contributed by atoms with Crippen molar-refractivity contribution in [2.45, 2.75) is 26.3 Å². The molecular formula is C24H28F3N5O. The molecule has 0 unspecified atom stereocenters. The maximum atomic E-state index is 12.7. The second kappa shape index (κ2) is 11.0. The highest BCUT2D eigenvalue weighted by Crippen LogP contribution is 2.28. The Morgan fingerprint density at radius 2 is 1.76 bits per heavy atom. The molecular weight excluding hydrogens is 431 g/mol. The number of anilines is 2. The maximum Gasteiger partial charge on any atom is 0.573 e. The van der Waals surface area contributed by atoms with Crippen molar-refractivity contribution in [2.75, 3.05) is 37.8 Å². The van der Waals surface area contributed by atoms with E-state index in [2.05, 4.69) is 30.2 Å². The second-order valence-electron chi connectivity index (χ2n) is 7.90. The molecule has 2 aromatic carbocycles. The zero-order chi connectivity index (χ0) is 23.8. The number of benzene rings is 2. The van der Waals surface area contributed by atoms with Crippen molar-refractivity contribution in [3.8, 4) is 17.0 Å². The van der Waals surface area contributed by atoms with E-state index < -0.39 is 6.36 Å². The summed E-state index contributed by atoms with van der Waals surface area (Å²) in [5.74, 6) is 0.676. The zero-order valence-corrected chi connectivity index (χ0v) is 18.9. The van der Waals surface area contributed by atoms with Crippen LogP contribution in [-0.4, -0.2) is 48.4 Å². The van der Waals surface area contributed by atoms with Gasteiger partial charge in [0.1, 0.15) is 11.6 Å². The van der Waals surface area contributed by atoms with Gasteiger partial charge in [0.2, 0.25) is 5.95 Å². The predicted octanol–water partition coefficient (Wildman–Crippen LogP) is 5.33. The summed E-state index contributed by atoms with van der Waals surface area (Å²) in [4.78, 5) is 11.1. The summed E-state index contributed by atoms with van der Waals surface area (Å²) in [5.41, 5.74) is 3.26. The van der Waals surface area contributed by atoms with Crippen LogP contribution in [0.1, 0.15) is 17.5 Å². The Balaban J connectivity index is 1.85. The van der Waals surface area contributed by atoms with Crippen molar-refractivity contribution in [3.05, 3.63) is 65.7 Å². The topological polar surface area (TPSA) is 62.3 Å². The highest BCUT2D eigenvalue weighted by Gasteiger charge is 2.31. The highest BCUT2D eigenvalue weighted by atomic mass is 19.4. The lowest BCUT2D eigenvalue weighted by molar-refractivity contribution is -0.274. The Morgan fingerprint density at radius 1 is 0.970 bits per heavy atom. The van der Waals surface area contributed by atoms with Gasteiger partial charge in [0, 0.05) is 24.7 Å². The van der Waals surface area contributed by atoms with Gasteiger partial charge in [-0.15, -0.1) is 13.2 Å². The lowest BCUT2D eigenvalue weighted by Gasteiger charge is -2.14. The largest absolute Gasteiger partial charge is 0.573 e. The van der Waals surface area contributed by atoms with Crippen molar-refractivity contribution < 1.29 is 17.9 Å². The molecule has 3 aromatic rings. The number of hydrogen-bond acceptors (Lipinski definition) is 6. The fourth-order valence-corrected chi connectivity index (χ4v) is 3.21. The van der Waals surface area contributed by atoms with Gasteiger partial charge in [-0.1, -0.05) is 36.4 Å². The van der Waals surface area contributed by atoms with Crippen LogP contribution in [0.15, 0.2) is 54.6 Å². The van der Waals surface area contributed by atoms with Crippen LogP contribution < -0.4 is 15.4 Å². The molecule has 0 aliphatic heterocycles. The van der Waals surface area contributed by atoms with Gasteiger partial charge in [-0.25, -0.2) is 4.98 Å². The van der Waals surface area contributed by atoms with E-state index in [4.69, 9.17) is 0 Å². The van der Waals surface area contributed by atoms with Gasteiger partial charge in [-0.2, -0.15) is 4.98 Å². The van der Waals surface area contributed by atoms with Crippen molar-refractivity contribution in [2.24, 2.45) is 0 Å². The Kier molecular flexibility index (Phi) is 8.11. The van der Waals surface area contributed by atoms with Crippen LogP contribution in [0, 0.1) is 6.92 Å². The summed E-state index contributed by atoms with van der Waals surface area (Å²) >= 11 is 0. The third-order valence-electron chi connectivity index (χ3n) is 4.88. The molecule has 0 bridgehead atoms. The van der Waals surface area contributed by atoms with E-state index >= 15 is 0 Å². The number of aromatic nitrogens is 2. The van der Waals surface area contributed by atoms with Crippen LogP contribution in [0.5, 0.6) is 5.75 Å². The molecule has 1 aromatic heterocycles. The molecule has 0 aliphatic rings. The molecule has 3 rings (SSSR count). The summed E-state index contributed by atoms with van der Waals surface area (Å²) in [6.07, 6.45) is -3.87. The molecule has 33 heavy (non-hydrogen) atoms. The van der Waals surface area contributed by atoms with Gasteiger partial charge in [0.05, 0.1) is 5.69 Å². The first kappa shape index (κ1) is 24.3. The minimum atomic E-state index is -4.76. The fraction of sp³-hybridized carbons (Fsp3) is 0.333. The summed E-state index contributed by atoms with van der Waals surface area (Å²) in [6.45, 7) is 4.16. The summed E-state index contributed by atoms with van der Waals surface area (Å²) in [6, 6.07) is 15.5. The van der Waals surface area contributed by atoms with Crippen molar-refractivity contribution in [1.82, 2.24) is 14.9 Å². The van der Waals surface area contributed by atoms with E-state index in [0.717, 1.165) is 24.1 Å². The van der Waals surface area contributed by atoms with Crippen molar-refractivity contribution in [3.63, 3.8) is 0 Å². The van der Waals surface area contributed by atoms with Crippen LogP contribution in [-0.2, 0) is 6.54 Å². The number of ether oxygens (including phenoxy) is 1. The molecule has 0 amide bonds. The number of nitrogens with one attached hydrogen (secondary N) is 2. The number of rotatable bonds is 10. The van der Waals surface area contributed by atoms with Crippen molar-refractivity contribution in [1.29, 1.82) is 0 Å². The van der Waals surface area contributed by atoms with Crippen molar-refractivity contribution >= 4 is 11.8 Å². The van der Waals surface area contributed by atoms with Crippen LogP contribution in [0.25, 0.3) is 11.3 Å². The van der Waals surface area contributed by atoms with Gasteiger partial charge in [-0.3, -0.25) is 0 Å². The van der Waals surface area contributed by atoms with Crippen LogP contribution >= 0.6 is 0 Å². The quantitative estimate of drug-likeness (QED) is 0.400. The molecule has 0 radical (unpaired) electrons. The van der Waals surface area contributed by atoms with Gasteiger partial charge >= 0.3 is 6.36 Å². The molecule has 0 spiro atoms. The normalized spacial score (nSPS) is 11.5. The first-order valence-corrected chi connectivity index (χ1v) is 10.6. The van der Waals surface area contributed by atoms with Crippen LogP contribution in [0.2, 0.25) is 0 Å². The van der Waals surface area contributed by atoms with Gasteiger partial charge < -0.3 is 20.3 Å². The number of alkyl halides is 3. The van der Waals surface area contributed by atoms with Gasteiger partial charge in [0.25, 0.3) is 0 Å². The molecule has 0 saturated carbocycles. The third kappa shape index (κ3) is 7.94. The maximum absolute atomic E-state index is 12.7. The average molecular weight is 460 g/mol. The van der Waals surface area contributed by atoms with E-state index in [1.807, 2.05) is 45.3 Å². The molecule has 0 fully saturated rings. The highest BCUT2D eigenvalue weighted by molar-refractivity contribution is 5.66. The van der Waals surface area contributed by atoms with Gasteiger partial charge in [-0.05, 0) is 57.2 Å². The third-order valence-corrected chi connectivity index (χ3v) is 4.88. The molecule has 0 aliphatic carbocycles. The molecule has 2 N–H and O–H groups in total. The molecule has 6 nitrogen and oxygen atoms in total. The molecule has 176 valence electrons. The minimum absolute atomic E-state index is 0.298. The average Bonchev–Trinajstić information content (AvgIpc) is 2.75. The lowest BCUT2D eigenvalue weighted by Crippen LogP contribution is -2.17. The molecule has 0 atom stereocenters. The Labute approximate surface area is 191 Å². The van der Waals surface area contributed by atoms with E-state index in [-0.39, 0.29) is 5.75 Å². The summed E-state index contributed by atoms with van der Waals surface area (Å²) < 4.78 is 42.0. The van der Waals surface area contributed by atoms with Crippen LogP contribution in [0.3, 0.4) is 0 Å². The molecule has 9 heteroatoms. The standard InChI is InChI=1S/C24H28F3N5O/c1-17-8-4-5-9-19(17)16-29-22-15-21(30-23(31-22)28-12-7-13-32(2)3)18-10-6-11-20(14-18)33-24(25,26)27/h4-6,8-11,14-15H,7,12-13,16H2,1-3H3,(H2,28,29,30,31). The SMILES string of the molecule is Cc1ccccc1CNc1cc(-c2cccc(OC(F)(F)F)c2)nc(NCCCN(C)C)n1. The summed E-state index contributed by atoms with van der Waals surface area (Å²) in [7, 11) is 4.00. The molecule has 0 saturated heterocycles.